The molecule has 1 aromatic rings. The monoisotopic (exact) mass is 278 g/mol. The Labute approximate surface area is 119 Å². The van der Waals surface area contributed by atoms with Crippen LogP contribution < -0.4 is 10.1 Å². The highest BCUT2D eigenvalue weighted by Gasteiger charge is 2.19. The maximum absolute atomic E-state index is 12.1. The highest BCUT2D eigenvalue weighted by molar-refractivity contribution is 5.97. The summed E-state index contributed by atoms with van der Waals surface area (Å²) in [6.45, 7) is 4.88. The van der Waals surface area contributed by atoms with E-state index in [0.717, 1.165) is 13.1 Å². The van der Waals surface area contributed by atoms with E-state index in [1.165, 1.54) is 26.0 Å². The lowest BCUT2D eigenvalue weighted by molar-refractivity contribution is 0.0937. The van der Waals surface area contributed by atoms with Crippen LogP contribution in [0.1, 0.15) is 30.1 Å². The zero-order chi connectivity index (χ0) is 14.5. The maximum Gasteiger partial charge on any atom is 0.255 e. The van der Waals surface area contributed by atoms with Gasteiger partial charge in [-0.05, 0) is 51.1 Å². The van der Waals surface area contributed by atoms with Crippen LogP contribution >= 0.6 is 0 Å². The highest BCUT2D eigenvalue weighted by Crippen LogP contribution is 2.22. The van der Waals surface area contributed by atoms with Gasteiger partial charge in [-0.15, -0.1) is 0 Å². The second-order valence-corrected chi connectivity index (χ2v) is 5.19. The zero-order valence-electron chi connectivity index (χ0n) is 12.1. The first-order valence-corrected chi connectivity index (χ1v) is 7.01. The lowest BCUT2D eigenvalue weighted by Gasteiger charge is -2.23. The molecule has 1 amide bonds. The molecule has 1 unspecified atom stereocenters. The molecule has 0 saturated carbocycles. The van der Waals surface area contributed by atoms with E-state index >= 15 is 0 Å². The van der Waals surface area contributed by atoms with Gasteiger partial charge in [0.15, 0.2) is 0 Å². The SMILES string of the molecule is COc1ccc(O)c(C(=O)NCC(C)N2CCCC2)c1. The predicted octanol–water partition coefficient (Wildman–Crippen LogP) is 1.61. The molecule has 1 aromatic carbocycles. The van der Waals surface area contributed by atoms with Gasteiger partial charge in [-0.3, -0.25) is 9.69 Å². The standard InChI is InChI=1S/C15H22N2O3/c1-11(17-7-3-4-8-17)10-16-15(19)13-9-12(20-2)5-6-14(13)18/h5-6,9,11,18H,3-4,7-8,10H2,1-2H3,(H,16,19). The molecule has 1 aliphatic rings. The van der Waals surface area contributed by atoms with Crippen molar-refractivity contribution in [1.82, 2.24) is 10.2 Å². The van der Waals surface area contributed by atoms with E-state index in [2.05, 4.69) is 17.1 Å². The maximum atomic E-state index is 12.1. The van der Waals surface area contributed by atoms with Crippen molar-refractivity contribution in [3.63, 3.8) is 0 Å². The van der Waals surface area contributed by atoms with Gasteiger partial charge in [0.2, 0.25) is 0 Å². The zero-order valence-corrected chi connectivity index (χ0v) is 12.1. The van der Waals surface area contributed by atoms with Crippen molar-refractivity contribution >= 4 is 5.91 Å². The number of methoxy groups -OCH3 is 1. The Morgan fingerprint density at radius 3 is 2.80 bits per heavy atom. The molecule has 1 atom stereocenters. The van der Waals surface area contributed by atoms with Gasteiger partial charge in [-0.25, -0.2) is 0 Å². The van der Waals surface area contributed by atoms with Crippen molar-refractivity contribution in [2.24, 2.45) is 0 Å². The fourth-order valence-corrected chi connectivity index (χ4v) is 2.47. The minimum absolute atomic E-state index is 0.0304. The third kappa shape index (κ3) is 3.42. The summed E-state index contributed by atoms with van der Waals surface area (Å²) in [5.41, 5.74) is 0.248. The smallest absolute Gasteiger partial charge is 0.255 e. The van der Waals surface area contributed by atoms with Crippen LogP contribution in [0.2, 0.25) is 0 Å². The van der Waals surface area contributed by atoms with Crippen LogP contribution in [0, 0.1) is 0 Å². The fraction of sp³-hybridized carbons (Fsp3) is 0.533. The third-order valence-electron chi connectivity index (χ3n) is 3.77. The summed E-state index contributed by atoms with van der Waals surface area (Å²) in [4.78, 5) is 14.5. The van der Waals surface area contributed by atoms with Crippen molar-refractivity contribution in [3.05, 3.63) is 23.8 Å². The van der Waals surface area contributed by atoms with Crippen LogP contribution in [0.5, 0.6) is 11.5 Å². The molecule has 0 radical (unpaired) electrons. The number of hydrogen-bond donors (Lipinski definition) is 2. The van der Waals surface area contributed by atoms with E-state index < -0.39 is 0 Å². The number of hydrogen-bond acceptors (Lipinski definition) is 4. The predicted molar refractivity (Wildman–Crippen MR) is 77.3 cm³/mol. The van der Waals surface area contributed by atoms with Gasteiger partial charge < -0.3 is 15.2 Å². The molecule has 1 saturated heterocycles. The quantitative estimate of drug-likeness (QED) is 0.859. The van der Waals surface area contributed by atoms with E-state index in [1.54, 1.807) is 12.1 Å². The summed E-state index contributed by atoms with van der Waals surface area (Å²) in [7, 11) is 1.53. The number of nitrogens with zero attached hydrogens (tertiary/aromatic N) is 1. The Bertz CT molecular complexity index is 470. The molecular weight excluding hydrogens is 256 g/mol. The number of aromatic hydroxyl groups is 1. The molecule has 1 aliphatic heterocycles. The third-order valence-corrected chi connectivity index (χ3v) is 3.77. The second-order valence-electron chi connectivity index (χ2n) is 5.19. The summed E-state index contributed by atoms with van der Waals surface area (Å²) >= 11 is 0. The van der Waals surface area contributed by atoms with Crippen molar-refractivity contribution in [2.75, 3.05) is 26.7 Å². The van der Waals surface area contributed by atoms with Crippen LogP contribution in [0.25, 0.3) is 0 Å². The Hall–Kier alpha value is -1.75. The van der Waals surface area contributed by atoms with Crippen molar-refractivity contribution in [1.29, 1.82) is 0 Å². The normalized spacial score (nSPS) is 16.9. The average Bonchev–Trinajstić information content (AvgIpc) is 2.99. The number of nitrogens with one attached hydrogen (secondary N) is 1. The Morgan fingerprint density at radius 2 is 2.15 bits per heavy atom. The molecule has 20 heavy (non-hydrogen) atoms. The molecule has 0 bridgehead atoms. The summed E-state index contributed by atoms with van der Waals surface area (Å²) < 4.78 is 5.07. The minimum Gasteiger partial charge on any atom is -0.507 e. The molecule has 0 aliphatic carbocycles. The Kier molecular flexibility index (Phi) is 4.84. The molecule has 2 rings (SSSR count). The van der Waals surface area contributed by atoms with Crippen LogP contribution in [0.4, 0.5) is 0 Å². The van der Waals surface area contributed by atoms with Crippen LogP contribution in [0.15, 0.2) is 18.2 Å². The minimum atomic E-state index is -0.271. The number of benzene rings is 1. The fourth-order valence-electron chi connectivity index (χ4n) is 2.47. The van der Waals surface area contributed by atoms with E-state index in [-0.39, 0.29) is 17.2 Å². The molecular formula is C15H22N2O3. The van der Waals surface area contributed by atoms with Gasteiger partial charge in [-0.1, -0.05) is 0 Å². The van der Waals surface area contributed by atoms with Gasteiger partial charge in [0, 0.05) is 12.6 Å². The number of ether oxygens (including phenoxy) is 1. The number of phenols is 1. The topological polar surface area (TPSA) is 61.8 Å². The van der Waals surface area contributed by atoms with E-state index in [4.69, 9.17) is 4.74 Å². The highest BCUT2D eigenvalue weighted by atomic mass is 16.5. The van der Waals surface area contributed by atoms with Crippen LogP contribution in [-0.4, -0.2) is 48.7 Å². The number of phenolic OH excluding ortho intramolecular Hbond substituents is 1. The summed E-state index contributed by atoms with van der Waals surface area (Å²) in [5, 5.41) is 12.6. The van der Waals surface area contributed by atoms with Crippen LogP contribution in [-0.2, 0) is 0 Å². The lowest BCUT2D eigenvalue weighted by atomic mass is 10.1. The van der Waals surface area contributed by atoms with Gasteiger partial charge in [0.05, 0.1) is 12.7 Å². The number of amides is 1. The molecule has 5 heteroatoms. The Balaban J connectivity index is 1.94. The Morgan fingerprint density at radius 1 is 1.45 bits per heavy atom. The van der Waals surface area contributed by atoms with Crippen molar-refractivity contribution in [2.45, 2.75) is 25.8 Å². The second kappa shape index (κ2) is 6.61. The van der Waals surface area contributed by atoms with Gasteiger partial charge in [0.25, 0.3) is 5.91 Å². The van der Waals surface area contributed by atoms with Gasteiger partial charge >= 0.3 is 0 Å². The largest absolute Gasteiger partial charge is 0.507 e. The summed E-state index contributed by atoms with van der Waals surface area (Å²) in [6.07, 6.45) is 2.46. The molecule has 1 heterocycles. The van der Waals surface area contributed by atoms with Crippen molar-refractivity contribution in [3.8, 4) is 11.5 Å². The van der Waals surface area contributed by atoms with E-state index in [1.807, 2.05) is 0 Å². The van der Waals surface area contributed by atoms with Gasteiger partial charge in [0.1, 0.15) is 11.5 Å². The number of likely N-dealkylation sites (tertiary alicyclic amines) is 1. The first kappa shape index (κ1) is 14.7. The summed E-state index contributed by atoms with van der Waals surface area (Å²) in [6, 6.07) is 4.95. The molecule has 110 valence electrons. The lowest BCUT2D eigenvalue weighted by Crippen LogP contribution is -2.40. The summed E-state index contributed by atoms with van der Waals surface area (Å²) in [5.74, 6) is 0.255. The molecule has 1 fully saturated rings. The average molecular weight is 278 g/mol. The number of carbonyl (C=O) groups excluding carboxylic acids is 1. The molecule has 2 N–H and O–H groups in total. The first-order chi connectivity index (χ1) is 9.61. The molecule has 5 nitrogen and oxygen atoms in total. The number of carbonyl (C=O) groups is 1. The first-order valence-electron chi connectivity index (χ1n) is 7.01. The number of rotatable bonds is 5. The molecule has 0 aromatic heterocycles. The van der Waals surface area contributed by atoms with Crippen LogP contribution in [0.3, 0.4) is 0 Å². The molecule has 0 spiro atoms. The van der Waals surface area contributed by atoms with Gasteiger partial charge in [-0.2, -0.15) is 0 Å². The van der Waals surface area contributed by atoms with E-state index in [9.17, 15) is 9.90 Å². The van der Waals surface area contributed by atoms with E-state index in [0.29, 0.717) is 18.3 Å². The van der Waals surface area contributed by atoms with Crippen molar-refractivity contribution < 1.29 is 14.6 Å².